The third-order valence-corrected chi connectivity index (χ3v) is 6.29. The van der Waals surface area contributed by atoms with Crippen LogP contribution in [0.25, 0.3) is 0 Å². The van der Waals surface area contributed by atoms with Crippen molar-refractivity contribution in [1.82, 2.24) is 4.72 Å². The number of hydrogen-bond donors (Lipinski definition) is 1. The summed E-state index contributed by atoms with van der Waals surface area (Å²) in [7, 11) is -1.80. The molecule has 0 aliphatic rings. The Balaban J connectivity index is 2.24. The van der Waals surface area contributed by atoms with Crippen molar-refractivity contribution < 1.29 is 13.2 Å². The maximum Gasteiger partial charge on any atom is 0.216 e. The van der Waals surface area contributed by atoms with Gasteiger partial charge in [0.15, 0.2) is 0 Å². The van der Waals surface area contributed by atoms with Crippen LogP contribution in [-0.4, -0.2) is 15.5 Å². The van der Waals surface area contributed by atoms with Gasteiger partial charge in [-0.15, -0.1) is 0 Å². The Bertz CT molecular complexity index is 861. The van der Waals surface area contributed by atoms with Crippen LogP contribution in [0.1, 0.15) is 55.0 Å². The molecule has 142 valence electrons. The summed E-state index contributed by atoms with van der Waals surface area (Å²) in [6.07, 6.45) is 0. The fourth-order valence-electron chi connectivity index (χ4n) is 2.98. The van der Waals surface area contributed by atoms with E-state index < -0.39 is 10.0 Å². The lowest BCUT2D eigenvalue weighted by molar-refractivity contribution is 0.406. The van der Waals surface area contributed by atoms with Crippen LogP contribution in [0.15, 0.2) is 40.9 Å². The summed E-state index contributed by atoms with van der Waals surface area (Å²) >= 11 is 3.36. The van der Waals surface area contributed by atoms with Crippen LogP contribution in [0.3, 0.4) is 0 Å². The molecule has 4 nitrogen and oxygen atoms in total. The lowest BCUT2D eigenvalue weighted by Gasteiger charge is -2.21. The van der Waals surface area contributed by atoms with Gasteiger partial charge in [-0.05, 0) is 66.3 Å². The van der Waals surface area contributed by atoms with Crippen molar-refractivity contribution >= 4 is 26.0 Å². The molecule has 0 aliphatic carbocycles. The second-order valence-corrected chi connectivity index (χ2v) is 9.50. The van der Waals surface area contributed by atoms with Crippen LogP contribution in [0.5, 0.6) is 5.75 Å². The smallest absolute Gasteiger partial charge is 0.216 e. The van der Waals surface area contributed by atoms with E-state index in [-0.39, 0.29) is 17.7 Å². The summed E-state index contributed by atoms with van der Waals surface area (Å²) in [5.41, 5.74) is 3.80. The zero-order valence-electron chi connectivity index (χ0n) is 15.8. The van der Waals surface area contributed by atoms with E-state index >= 15 is 0 Å². The van der Waals surface area contributed by atoms with E-state index in [1.54, 1.807) is 7.11 Å². The Morgan fingerprint density at radius 3 is 2.23 bits per heavy atom. The molecule has 0 aromatic heterocycles. The molecule has 6 heteroatoms. The van der Waals surface area contributed by atoms with Crippen molar-refractivity contribution in [2.24, 2.45) is 0 Å². The maximum absolute atomic E-state index is 12.6. The first-order valence-corrected chi connectivity index (χ1v) is 11.0. The predicted molar refractivity (Wildman–Crippen MR) is 110 cm³/mol. The van der Waals surface area contributed by atoms with Crippen LogP contribution in [0.2, 0.25) is 0 Å². The monoisotopic (exact) mass is 439 g/mol. The molecule has 0 saturated carbocycles. The fraction of sp³-hybridized carbons (Fsp3) is 0.400. The largest absolute Gasteiger partial charge is 0.496 e. The second-order valence-electron chi connectivity index (χ2n) is 6.83. The lowest BCUT2D eigenvalue weighted by atomic mass is 9.94. The number of halogens is 1. The molecular formula is C20H26BrNO3S. The zero-order valence-corrected chi connectivity index (χ0v) is 18.2. The molecule has 1 atom stereocenters. The van der Waals surface area contributed by atoms with E-state index in [0.29, 0.717) is 0 Å². The van der Waals surface area contributed by atoms with Gasteiger partial charge >= 0.3 is 0 Å². The van der Waals surface area contributed by atoms with E-state index in [2.05, 4.69) is 34.5 Å². The standard InChI is InChI=1S/C20H26BrNO3S/c1-13(2)18-11-19(14(3)10-20(18)25-5)15(4)22-26(23,24)12-16-6-8-17(21)9-7-16/h6-11,13,15,22H,12H2,1-5H3/t15-/m1/s1. The van der Waals surface area contributed by atoms with Gasteiger partial charge < -0.3 is 4.74 Å². The van der Waals surface area contributed by atoms with Crippen molar-refractivity contribution in [3.63, 3.8) is 0 Å². The van der Waals surface area contributed by atoms with E-state index in [0.717, 1.165) is 32.5 Å². The highest BCUT2D eigenvalue weighted by atomic mass is 79.9. The number of rotatable bonds is 7. The first-order chi connectivity index (χ1) is 12.1. The molecule has 2 aromatic rings. The molecule has 0 radical (unpaired) electrons. The van der Waals surface area contributed by atoms with Gasteiger partial charge in [0.1, 0.15) is 5.75 Å². The molecule has 0 amide bonds. The van der Waals surface area contributed by atoms with Gasteiger partial charge in [-0.1, -0.05) is 41.9 Å². The number of hydrogen-bond acceptors (Lipinski definition) is 3. The van der Waals surface area contributed by atoms with Crippen LogP contribution in [-0.2, 0) is 15.8 Å². The average molecular weight is 440 g/mol. The quantitative estimate of drug-likeness (QED) is 0.654. The number of aryl methyl sites for hydroxylation is 1. The van der Waals surface area contributed by atoms with Gasteiger partial charge in [-0.2, -0.15) is 0 Å². The molecule has 2 aromatic carbocycles. The van der Waals surface area contributed by atoms with Gasteiger partial charge in [0, 0.05) is 10.5 Å². The highest BCUT2D eigenvalue weighted by molar-refractivity contribution is 9.10. The van der Waals surface area contributed by atoms with E-state index in [9.17, 15) is 8.42 Å². The molecular weight excluding hydrogens is 414 g/mol. The van der Waals surface area contributed by atoms with Crippen molar-refractivity contribution in [3.05, 3.63) is 63.1 Å². The topological polar surface area (TPSA) is 55.4 Å². The summed E-state index contributed by atoms with van der Waals surface area (Å²) in [6, 6.07) is 11.0. The Morgan fingerprint density at radius 2 is 1.69 bits per heavy atom. The average Bonchev–Trinajstić information content (AvgIpc) is 2.55. The van der Waals surface area contributed by atoms with Gasteiger partial charge in [-0.25, -0.2) is 13.1 Å². The predicted octanol–water partition coefficient (Wildman–Crippen LogP) is 5.07. The van der Waals surface area contributed by atoms with Crippen LogP contribution in [0, 0.1) is 6.92 Å². The summed E-state index contributed by atoms with van der Waals surface area (Å²) in [5, 5.41) is 0. The second kappa shape index (κ2) is 8.55. The summed E-state index contributed by atoms with van der Waals surface area (Å²) in [5.74, 6) is 1.08. The first kappa shape index (κ1) is 20.9. The highest BCUT2D eigenvalue weighted by Crippen LogP contribution is 2.32. The number of methoxy groups -OCH3 is 1. The minimum Gasteiger partial charge on any atom is -0.496 e. The van der Waals surface area contributed by atoms with E-state index in [4.69, 9.17) is 4.74 Å². The Kier molecular flexibility index (Phi) is 6.88. The minimum atomic E-state index is -3.46. The Labute approximate surface area is 165 Å². The van der Waals surface area contributed by atoms with E-state index in [1.807, 2.05) is 50.2 Å². The molecule has 0 spiro atoms. The van der Waals surface area contributed by atoms with Gasteiger partial charge in [0.2, 0.25) is 10.0 Å². The van der Waals surface area contributed by atoms with Crippen molar-refractivity contribution in [2.75, 3.05) is 7.11 Å². The van der Waals surface area contributed by atoms with Crippen LogP contribution < -0.4 is 9.46 Å². The summed E-state index contributed by atoms with van der Waals surface area (Å²) in [6.45, 7) is 8.04. The van der Waals surface area contributed by atoms with Crippen molar-refractivity contribution in [1.29, 1.82) is 0 Å². The molecule has 2 rings (SSSR count). The van der Waals surface area contributed by atoms with Gasteiger partial charge in [-0.3, -0.25) is 0 Å². The van der Waals surface area contributed by atoms with Crippen LogP contribution in [0.4, 0.5) is 0 Å². The third-order valence-electron chi connectivity index (χ3n) is 4.33. The van der Waals surface area contributed by atoms with Crippen molar-refractivity contribution in [3.8, 4) is 5.75 Å². The van der Waals surface area contributed by atoms with Gasteiger partial charge in [0.25, 0.3) is 0 Å². The van der Waals surface area contributed by atoms with E-state index in [1.165, 1.54) is 0 Å². The Morgan fingerprint density at radius 1 is 1.08 bits per heavy atom. The number of ether oxygens (including phenoxy) is 1. The molecule has 26 heavy (non-hydrogen) atoms. The summed E-state index contributed by atoms with van der Waals surface area (Å²) in [4.78, 5) is 0. The molecule has 0 bridgehead atoms. The first-order valence-electron chi connectivity index (χ1n) is 8.56. The molecule has 0 fully saturated rings. The normalized spacial score (nSPS) is 13.0. The third kappa shape index (κ3) is 5.32. The van der Waals surface area contributed by atoms with Crippen LogP contribution >= 0.6 is 15.9 Å². The molecule has 0 heterocycles. The molecule has 0 saturated heterocycles. The molecule has 0 unspecified atom stereocenters. The Hall–Kier alpha value is -1.37. The number of benzene rings is 2. The minimum absolute atomic E-state index is 0.0448. The van der Waals surface area contributed by atoms with Crippen molar-refractivity contribution in [2.45, 2.75) is 45.4 Å². The lowest BCUT2D eigenvalue weighted by Crippen LogP contribution is -2.28. The molecule has 1 N–H and O–H groups in total. The number of nitrogens with one attached hydrogen (secondary N) is 1. The maximum atomic E-state index is 12.6. The van der Waals surface area contributed by atoms with Gasteiger partial charge in [0.05, 0.1) is 12.9 Å². The fourth-order valence-corrected chi connectivity index (χ4v) is 4.63. The zero-order chi connectivity index (χ0) is 19.5. The number of sulfonamides is 1. The highest BCUT2D eigenvalue weighted by Gasteiger charge is 2.20. The summed E-state index contributed by atoms with van der Waals surface area (Å²) < 4.78 is 34.3. The SMILES string of the molecule is COc1cc(C)c([C@@H](C)NS(=O)(=O)Cc2ccc(Br)cc2)cc1C(C)C. The molecule has 0 aliphatic heterocycles.